The van der Waals surface area contributed by atoms with Crippen LogP contribution in [-0.4, -0.2) is 47.9 Å². The van der Waals surface area contributed by atoms with Gasteiger partial charge in [-0.25, -0.2) is 4.79 Å². The van der Waals surface area contributed by atoms with Crippen molar-refractivity contribution in [2.24, 2.45) is 0 Å². The number of rotatable bonds is 8. The van der Waals surface area contributed by atoms with Crippen LogP contribution in [0.5, 0.6) is 0 Å². The molecule has 0 spiro atoms. The number of nitro benzene ring substituents is 1. The molecule has 3 rings (SSSR count). The number of hydrogen-bond donors (Lipinski definition) is 2. The molecule has 1 amide bonds. The molecule has 0 fully saturated rings. The molecule has 0 aliphatic carbocycles. The molecule has 10 heteroatoms. The Morgan fingerprint density at radius 2 is 1.94 bits per heavy atom. The minimum Gasteiger partial charge on any atom is -0.462 e. The van der Waals surface area contributed by atoms with Crippen molar-refractivity contribution >= 4 is 39.9 Å². The minimum absolute atomic E-state index is 0.0121. The van der Waals surface area contributed by atoms with Crippen LogP contribution >= 0.6 is 0 Å². The summed E-state index contributed by atoms with van der Waals surface area (Å²) in [4.78, 5) is 52.1. The van der Waals surface area contributed by atoms with Crippen LogP contribution in [0.3, 0.4) is 0 Å². The average Bonchev–Trinajstić information content (AvgIpc) is 3.11. The van der Waals surface area contributed by atoms with Crippen LogP contribution in [0, 0.1) is 17.0 Å². The van der Waals surface area contributed by atoms with E-state index in [0.29, 0.717) is 5.56 Å². The first kappa shape index (κ1) is 22.6. The molecular formula is C22H21N3O7. The second-order valence-electron chi connectivity index (χ2n) is 6.91. The number of ether oxygens (including phenoxy) is 2. The highest BCUT2D eigenvalue weighted by Gasteiger charge is 2.31. The zero-order chi connectivity index (χ0) is 23.4. The van der Waals surface area contributed by atoms with Gasteiger partial charge in [-0.05, 0) is 26.0 Å². The van der Waals surface area contributed by atoms with E-state index in [0.717, 1.165) is 11.6 Å². The topological polar surface area (TPSA) is 141 Å². The van der Waals surface area contributed by atoms with Gasteiger partial charge in [0.05, 0.1) is 17.2 Å². The van der Waals surface area contributed by atoms with Gasteiger partial charge in [0.2, 0.25) is 11.7 Å². The van der Waals surface area contributed by atoms with Crippen molar-refractivity contribution in [2.45, 2.75) is 13.8 Å². The van der Waals surface area contributed by atoms with Crippen LogP contribution in [0.1, 0.15) is 38.9 Å². The molecule has 0 radical (unpaired) electrons. The number of esters is 1. The number of methoxy groups -OCH3 is 1. The molecule has 1 aromatic heterocycles. The Bertz CT molecular complexity index is 1230. The smallest absolute Gasteiger partial charge is 0.345 e. The van der Waals surface area contributed by atoms with Gasteiger partial charge in [-0.1, -0.05) is 23.8 Å². The number of anilines is 1. The molecule has 0 atom stereocenters. The maximum atomic E-state index is 13.3. The van der Waals surface area contributed by atoms with E-state index in [9.17, 15) is 24.5 Å². The van der Waals surface area contributed by atoms with Crippen LogP contribution < -0.4 is 5.32 Å². The first-order valence-corrected chi connectivity index (χ1v) is 9.68. The number of H-pyrrole nitrogens is 1. The average molecular weight is 439 g/mol. The van der Waals surface area contributed by atoms with Crippen molar-refractivity contribution in [3.8, 4) is 0 Å². The van der Waals surface area contributed by atoms with Gasteiger partial charge in [0.1, 0.15) is 17.9 Å². The Morgan fingerprint density at radius 1 is 1.19 bits per heavy atom. The molecule has 0 aliphatic heterocycles. The van der Waals surface area contributed by atoms with Gasteiger partial charge >= 0.3 is 5.97 Å². The summed E-state index contributed by atoms with van der Waals surface area (Å²) in [6, 6.07) is 9.33. The fourth-order valence-corrected chi connectivity index (χ4v) is 3.37. The summed E-state index contributed by atoms with van der Waals surface area (Å²) >= 11 is 0. The maximum absolute atomic E-state index is 13.3. The van der Waals surface area contributed by atoms with Crippen molar-refractivity contribution in [1.29, 1.82) is 0 Å². The molecule has 0 aliphatic rings. The monoisotopic (exact) mass is 439 g/mol. The van der Waals surface area contributed by atoms with E-state index in [1.54, 1.807) is 25.1 Å². The molecule has 2 aromatic carbocycles. The summed E-state index contributed by atoms with van der Waals surface area (Å²) in [5, 5.41) is 14.2. The van der Waals surface area contributed by atoms with Gasteiger partial charge in [0.25, 0.3) is 5.69 Å². The lowest BCUT2D eigenvalue weighted by molar-refractivity contribution is -0.385. The first-order valence-electron chi connectivity index (χ1n) is 9.68. The normalized spacial score (nSPS) is 10.7. The Labute approximate surface area is 182 Å². The number of carbonyl (C=O) groups is 3. The predicted molar refractivity (Wildman–Crippen MR) is 116 cm³/mol. The van der Waals surface area contributed by atoms with E-state index >= 15 is 0 Å². The number of aryl methyl sites for hydroxylation is 1. The highest BCUT2D eigenvalue weighted by Crippen LogP contribution is 2.37. The highest BCUT2D eigenvalue weighted by atomic mass is 16.6. The third kappa shape index (κ3) is 4.35. The van der Waals surface area contributed by atoms with E-state index < -0.39 is 28.3 Å². The number of carbonyl (C=O) groups excluding carboxylic acids is 3. The van der Waals surface area contributed by atoms with Gasteiger partial charge < -0.3 is 19.8 Å². The maximum Gasteiger partial charge on any atom is 0.345 e. The number of hydrogen-bond acceptors (Lipinski definition) is 7. The minimum atomic E-state index is -0.944. The molecule has 10 nitrogen and oxygen atoms in total. The van der Waals surface area contributed by atoms with Gasteiger partial charge in [0, 0.05) is 29.6 Å². The molecule has 32 heavy (non-hydrogen) atoms. The Kier molecular flexibility index (Phi) is 6.64. The number of aromatic amines is 1. The third-order valence-electron chi connectivity index (χ3n) is 4.67. The number of fused-ring (bicyclic) bond motifs is 1. The summed E-state index contributed by atoms with van der Waals surface area (Å²) in [6.45, 7) is 3.05. The predicted octanol–water partition coefficient (Wildman–Crippen LogP) is 3.38. The zero-order valence-electron chi connectivity index (χ0n) is 17.7. The number of benzene rings is 2. The quantitative estimate of drug-likeness (QED) is 0.237. The molecule has 2 N–H and O–H groups in total. The van der Waals surface area contributed by atoms with E-state index in [-0.39, 0.29) is 41.1 Å². The highest BCUT2D eigenvalue weighted by molar-refractivity contribution is 6.22. The number of nitrogens with zero attached hydrogens (tertiary/aromatic N) is 1. The summed E-state index contributed by atoms with van der Waals surface area (Å²) in [6.07, 6.45) is 0. The number of ketones is 1. The largest absolute Gasteiger partial charge is 0.462 e. The van der Waals surface area contributed by atoms with Crippen molar-refractivity contribution in [2.75, 3.05) is 25.6 Å². The molecule has 0 unspecified atom stereocenters. The fraction of sp³-hybridized carbons (Fsp3) is 0.227. The fourth-order valence-electron chi connectivity index (χ4n) is 3.37. The van der Waals surface area contributed by atoms with Crippen molar-refractivity contribution in [3.05, 3.63) is 68.9 Å². The summed E-state index contributed by atoms with van der Waals surface area (Å²) in [5.41, 5.74) is 0.489. The Morgan fingerprint density at radius 3 is 2.56 bits per heavy atom. The third-order valence-corrected chi connectivity index (χ3v) is 4.67. The molecule has 0 bridgehead atoms. The lowest BCUT2D eigenvalue weighted by Crippen LogP contribution is -2.19. The lowest BCUT2D eigenvalue weighted by atomic mass is 10.0. The summed E-state index contributed by atoms with van der Waals surface area (Å²) < 4.78 is 9.86. The zero-order valence-corrected chi connectivity index (χ0v) is 17.7. The molecule has 0 saturated carbocycles. The van der Waals surface area contributed by atoms with E-state index in [1.807, 2.05) is 13.0 Å². The van der Waals surface area contributed by atoms with Gasteiger partial charge in [-0.3, -0.25) is 19.7 Å². The molecule has 1 heterocycles. The number of amides is 1. The number of nitrogens with one attached hydrogen (secondary N) is 2. The van der Waals surface area contributed by atoms with Crippen LogP contribution in [-0.2, 0) is 14.3 Å². The first-order chi connectivity index (χ1) is 15.3. The second kappa shape index (κ2) is 9.40. The van der Waals surface area contributed by atoms with Crippen LogP contribution in [0.4, 0.5) is 11.4 Å². The molecule has 0 saturated heterocycles. The van der Waals surface area contributed by atoms with Crippen molar-refractivity contribution in [1.82, 2.24) is 4.98 Å². The standard InChI is InChI=1S/C22H21N3O7/c1-4-32-22(28)18-15(25(29)30)9-8-14-17(18)19(24-16(26)11-31-3)20(23-14)21(27)13-7-5-6-12(2)10-13/h5-10,23H,4,11H2,1-3H3,(H,24,26). The Hall–Kier alpha value is -4.05. The summed E-state index contributed by atoms with van der Waals surface area (Å²) in [7, 11) is 1.32. The second-order valence-corrected chi connectivity index (χ2v) is 6.91. The SMILES string of the molecule is CCOC(=O)c1c([N+](=O)[O-])ccc2[nH]c(C(=O)c3cccc(C)c3)c(NC(=O)COC)c12. The summed E-state index contributed by atoms with van der Waals surface area (Å²) in [5.74, 6) is -2.01. The lowest BCUT2D eigenvalue weighted by Gasteiger charge is -2.10. The Balaban J connectivity index is 2.33. The molecule has 3 aromatic rings. The van der Waals surface area contributed by atoms with Gasteiger partial charge in [-0.15, -0.1) is 0 Å². The van der Waals surface area contributed by atoms with E-state index in [4.69, 9.17) is 9.47 Å². The van der Waals surface area contributed by atoms with Crippen LogP contribution in [0.15, 0.2) is 36.4 Å². The van der Waals surface area contributed by atoms with Crippen LogP contribution in [0.25, 0.3) is 10.9 Å². The van der Waals surface area contributed by atoms with Crippen LogP contribution in [0.2, 0.25) is 0 Å². The van der Waals surface area contributed by atoms with E-state index in [2.05, 4.69) is 10.3 Å². The van der Waals surface area contributed by atoms with Crippen molar-refractivity contribution < 1.29 is 28.8 Å². The van der Waals surface area contributed by atoms with Gasteiger partial charge in [0.15, 0.2) is 0 Å². The number of aromatic nitrogens is 1. The van der Waals surface area contributed by atoms with Gasteiger partial charge in [-0.2, -0.15) is 0 Å². The molecular weight excluding hydrogens is 418 g/mol. The van der Waals surface area contributed by atoms with E-state index in [1.165, 1.54) is 13.2 Å². The number of nitro groups is 1. The van der Waals surface area contributed by atoms with Crippen molar-refractivity contribution in [3.63, 3.8) is 0 Å². The molecule has 166 valence electrons.